The zero-order chi connectivity index (χ0) is 12.7. The van der Waals surface area contributed by atoms with Crippen molar-refractivity contribution in [1.82, 2.24) is 10.2 Å². The molecule has 1 aromatic rings. The van der Waals surface area contributed by atoms with Gasteiger partial charge in [0.2, 0.25) is 5.91 Å². The lowest BCUT2D eigenvalue weighted by molar-refractivity contribution is -0.123. The molecule has 1 aromatic heterocycles. The van der Waals surface area contributed by atoms with Crippen LogP contribution in [0.2, 0.25) is 0 Å². The predicted octanol–water partition coefficient (Wildman–Crippen LogP) is 1.39. The summed E-state index contributed by atoms with van der Waals surface area (Å²) < 4.78 is 0. The van der Waals surface area contributed by atoms with Crippen LogP contribution in [0, 0.1) is 5.92 Å². The molecule has 2 aliphatic heterocycles. The highest BCUT2D eigenvalue weighted by atomic mass is 32.1. The first-order valence-corrected chi connectivity index (χ1v) is 7.35. The van der Waals surface area contributed by atoms with E-state index >= 15 is 0 Å². The zero-order valence-corrected chi connectivity index (χ0v) is 11.5. The summed E-state index contributed by atoms with van der Waals surface area (Å²) in [5.41, 5.74) is 0. The highest BCUT2D eigenvalue weighted by Gasteiger charge is 2.42. The van der Waals surface area contributed by atoms with E-state index in [-0.39, 0.29) is 23.8 Å². The van der Waals surface area contributed by atoms with Crippen molar-refractivity contribution < 1.29 is 9.59 Å². The van der Waals surface area contributed by atoms with Gasteiger partial charge in [-0.15, -0.1) is 24.0 Å². The third kappa shape index (κ3) is 1.93. The molecule has 2 amide bonds. The maximum atomic E-state index is 12.4. The molecule has 0 aliphatic carbocycles. The van der Waals surface area contributed by atoms with E-state index < -0.39 is 0 Å². The number of nitrogens with one attached hydrogen (secondary N) is 1. The summed E-state index contributed by atoms with van der Waals surface area (Å²) in [7, 11) is 0. The van der Waals surface area contributed by atoms with E-state index in [2.05, 4.69) is 17.9 Å². The molecule has 2 unspecified atom stereocenters. The predicted molar refractivity (Wildman–Crippen MR) is 72.1 cm³/mol. The van der Waals surface area contributed by atoms with Gasteiger partial charge in [-0.1, -0.05) is 0 Å². The Morgan fingerprint density at radius 2 is 2.39 bits per heavy atom. The normalized spacial score (nSPS) is 26.9. The Morgan fingerprint density at radius 3 is 3.11 bits per heavy atom. The van der Waals surface area contributed by atoms with Crippen LogP contribution in [-0.4, -0.2) is 35.8 Å². The van der Waals surface area contributed by atoms with Gasteiger partial charge < -0.3 is 10.2 Å². The van der Waals surface area contributed by atoms with Crippen LogP contribution in [0.3, 0.4) is 0 Å². The van der Waals surface area contributed by atoms with Gasteiger partial charge in [-0.05, 0) is 18.9 Å². The average Bonchev–Trinajstić information content (AvgIpc) is 2.96. The molecule has 2 atom stereocenters. The Kier molecular flexibility index (Phi) is 3.07. The first kappa shape index (κ1) is 12.0. The summed E-state index contributed by atoms with van der Waals surface area (Å²) in [5, 5.41) is 4.72. The maximum absolute atomic E-state index is 12.4. The highest BCUT2D eigenvalue weighted by molar-refractivity contribution is 7.80. The Hall–Kier alpha value is -1.01. The number of likely N-dealkylation sites (tertiary alicyclic amines) is 1. The Morgan fingerprint density at radius 1 is 1.56 bits per heavy atom. The molecule has 1 N–H and O–H groups in total. The Balaban J connectivity index is 1.83. The summed E-state index contributed by atoms with van der Waals surface area (Å²) >= 11 is 5.64. The molecule has 3 rings (SSSR count). The maximum Gasteiger partial charge on any atom is 0.264 e. The van der Waals surface area contributed by atoms with E-state index in [1.54, 1.807) is 6.07 Å². The molecule has 0 saturated carbocycles. The molecule has 2 saturated heterocycles. The Bertz CT molecular complexity index is 500. The summed E-state index contributed by atoms with van der Waals surface area (Å²) in [6.45, 7) is 1.34. The van der Waals surface area contributed by atoms with Gasteiger partial charge in [0.1, 0.15) is 0 Å². The lowest BCUT2D eigenvalue weighted by Gasteiger charge is -2.35. The second kappa shape index (κ2) is 4.59. The van der Waals surface area contributed by atoms with Gasteiger partial charge in [0.25, 0.3) is 5.91 Å². The van der Waals surface area contributed by atoms with Crippen LogP contribution in [0.25, 0.3) is 0 Å². The fourth-order valence-electron chi connectivity index (χ4n) is 2.78. The molecule has 0 spiro atoms. The monoisotopic (exact) mass is 282 g/mol. The summed E-state index contributed by atoms with van der Waals surface area (Å²) in [4.78, 5) is 27.5. The molecule has 6 heteroatoms. The van der Waals surface area contributed by atoms with Crippen molar-refractivity contribution in [3.8, 4) is 0 Å². The minimum atomic E-state index is -0.0156. The van der Waals surface area contributed by atoms with Crippen molar-refractivity contribution in [2.75, 3.05) is 13.1 Å². The first-order valence-electron chi connectivity index (χ1n) is 6.03. The van der Waals surface area contributed by atoms with Crippen molar-refractivity contribution in [2.24, 2.45) is 5.92 Å². The van der Waals surface area contributed by atoms with Crippen molar-refractivity contribution >= 4 is 35.8 Å². The quantitative estimate of drug-likeness (QED) is 0.765. The number of fused-ring (bicyclic) bond motifs is 1. The van der Waals surface area contributed by atoms with Crippen LogP contribution in [0.1, 0.15) is 22.5 Å². The van der Waals surface area contributed by atoms with Gasteiger partial charge in [-0.3, -0.25) is 9.59 Å². The third-order valence-corrected chi connectivity index (χ3v) is 5.01. The van der Waals surface area contributed by atoms with Gasteiger partial charge in [0.15, 0.2) is 0 Å². The standard InChI is InChI=1S/C12H14N2O2S2/c15-11-8-2-1-3-14(9(8)5-13-11)12(16)10-4-7(17)6-18-10/h4,6,8-9,17H,1-3,5H2,(H,13,15). The minimum Gasteiger partial charge on any atom is -0.354 e. The van der Waals surface area contributed by atoms with Crippen LogP contribution in [0.15, 0.2) is 16.3 Å². The number of hydrogen-bond donors (Lipinski definition) is 2. The fourth-order valence-corrected chi connectivity index (χ4v) is 3.89. The number of carbonyl (C=O) groups is 2. The summed E-state index contributed by atoms with van der Waals surface area (Å²) in [5.74, 6) is 0.114. The SMILES string of the molecule is O=C1NCC2C1CCCN2C(=O)c1cc(S)cs1. The number of thiophene rings is 1. The van der Waals surface area contributed by atoms with Gasteiger partial charge in [0, 0.05) is 23.4 Å². The molecular formula is C12H14N2O2S2. The smallest absolute Gasteiger partial charge is 0.264 e. The van der Waals surface area contributed by atoms with E-state index in [0.717, 1.165) is 24.3 Å². The Labute approximate surface area is 115 Å². The molecule has 3 heterocycles. The van der Waals surface area contributed by atoms with Crippen LogP contribution in [0.4, 0.5) is 0 Å². The number of piperidine rings is 1. The topological polar surface area (TPSA) is 49.4 Å². The van der Waals surface area contributed by atoms with Crippen LogP contribution < -0.4 is 5.32 Å². The number of thiol groups is 1. The van der Waals surface area contributed by atoms with E-state index in [0.29, 0.717) is 11.4 Å². The second-order valence-corrected chi connectivity index (χ2v) is 6.16. The van der Waals surface area contributed by atoms with Crippen LogP contribution >= 0.6 is 24.0 Å². The van der Waals surface area contributed by atoms with Gasteiger partial charge in [-0.2, -0.15) is 0 Å². The third-order valence-electron chi connectivity index (χ3n) is 3.66. The van der Waals surface area contributed by atoms with E-state index in [4.69, 9.17) is 0 Å². The number of amides is 2. The molecular weight excluding hydrogens is 268 g/mol. The number of hydrogen-bond acceptors (Lipinski definition) is 4. The van der Waals surface area contributed by atoms with Crippen molar-refractivity contribution in [3.63, 3.8) is 0 Å². The molecule has 0 radical (unpaired) electrons. The fraction of sp³-hybridized carbons (Fsp3) is 0.500. The van der Waals surface area contributed by atoms with Crippen molar-refractivity contribution in [2.45, 2.75) is 23.8 Å². The van der Waals surface area contributed by atoms with E-state index in [1.165, 1.54) is 11.3 Å². The van der Waals surface area contributed by atoms with Crippen LogP contribution in [0.5, 0.6) is 0 Å². The van der Waals surface area contributed by atoms with Gasteiger partial charge in [0.05, 0.1) is 16.8 Å². The lowest BCUT2D eigenvalue weighted by Crippen LogP contribution is -2.48. The number of nitrogens with zero attached hydrogens (tertiary/aromatic N) is 1. The lowest BCUT2D eigenvalue weighted by atomic mass is 9.91. The first-order chi connectivity index (χ1) is 8.66. The van der Waals surface area contributed by atoms with Gasteiger partial charge in [-0.25, -0.2) is 0 Å². The molecule has 4 nitrogen and oxygen atoms in total. The molecule has 2 fully saturated rings. The summed E-state index contributed by atoms with van der Waals surface area (Å²) in [6, 6.07) is 1.83. The number of carbonyl (C=O) groups excluding carboxylic acids is 2. The van der Waals surface area contributed by atoms with Gasteiger partial charge >= 0.3 is 0 Å². The van der Waals surface area contributed by atoms with E-state index in [9.17, 15) is 9.59 Å². The molecule has 2 aliphatic rings. The molecule has 0 aromatic carbocycles. The average molecular weight is 282 g/mol. The number of rotatable bonds is 1. The van der Waals surface area contributed by atoms with Crippen LogP contribution in [-0.2, 0) is 4.79 Å². The molecule has 18 heavy (non-hydrogen) atoms. The summed E-state index contributed by atoms with van der Waals surface area (Å²) in [6.07, 6.45) is 1.79. The highest BCUT2D eigenvalue weighted by Crippen LogP contribution is 2.30. The zero-order valence-electron chi connectivity index (χ0n) is 9.76. The molecule has 96 valence electrons. The largest absolute Gasteiger partial charge is 0.354 e. The van der Waals surface area contributed by atoms with Crippen molar-refractivity contribution in [3.05, 3.63) is 16.3 Å². The second-order valence-electron chi connectivity index (χ2n) is 4.73. The molecule has 0 bridgehead atoms. The minimum absolute atomic E-state index is 0.0156. The van der Waals surface area contributed by atoms with E-state index in [1.807, 2.05) is 10.3 Å². The van der Waals surface area contributed by atoms with Crippen molar-refractivity contribution in [1.29, 1.82) is 0 Å².